The Morgan fingerprint density at radius 3 is 2.21 bits per heavy atom. The molecule has 1 rings (SSSR count). The van der Waals surface area contributed by atoms with E-state index in [-0.39, 0.29) is 12.4 Å². The number of ether oxygens (including phenoxy) is 1. The van der Waals surface area contributed by atoms with Crippen LogP contribution < -0.4 is 22.9 Å². The molecule has 3 heteroatoms. The third-order valence-corrected chi connectivity index (χ3v) is 1.92. The zero-order chi connectivity index (χ0) is 9.84. The van der Waals surface area contributed by atoms with Gasteiger partial charge in [0.1, 0.15) is 18.4 Å². The minimum Gasteiger partial charge on any atom is -1.00 e. The van der Waals surface area contributed by atoms with E-state index < -0.39 is 0 Å². The first-order valence-corrected chi connectivity index (χ1v) is 4.63. The minimum absolute atomic E-state index is 0. The first-order chi connectivity index (χ1) is 6.11. The SMILES string of the molecule is Cc1cccc(C)c1OC[C@@H](C)[NH3+].[Cl-]. The van der Waals surface area contributed by atoms with Gasteiger partial charge < -0.3 is 22.9 Å². The first kappa shape index (κ1) is 13.3. The number of halogens is 1. The van der Waals surface area contributed by atoms with Crippen molar-refractivity contribution in [1.82, 2.24) is 0 Å². The zero-order valence-electron chi connectivity index (χ0n) is 9.01. The van der Waals surface area contributed by atoms with Gasteiger partial charge in [-0.1, -0.05) is 18.2 Å². The van der Waals surface area contributed by atoms with Crippen molar-refractivity contribution < 1.29 is 22.9 Å². The van der Waals surface area contributed by atoms with Crippen LogP contribution in [0.1, 0.15) is 18.1 Å². The fraction of sp³-hybridized carbons (Fsp3) is 0.455. The Kier molecular flexibility index (Phi) is 5.58. The standard InChI is InChI=1S/C11H17NO.ClH/c1-8-5-4-6-9(2)11(8)13-7-10(3)12;/h4-6,10H,7,12H2,1-3H3;1H/t10-;/m1./s1. The highest BCUT2D eigenvalue weighted by atomic mass is 35.5. The Bertz CT molecular complexity index is 266. The second-order valence-corrected chi connectivity index (χ2v) is 3.64. The average Bonchev–Trinajstić information content (AvgIpc) is 2.03. The van der Waals surface area contributed by atoms with Gasteiger partial charge in [0.2, 0.25) is 0 Å². The lowest BCUT2D eigenvalue weighted by molar-refractivity contribution is -0.417. The molecule has 0 radical (unpaired) electrons. The van der Waals surface area contributed by atoms with Crippen molar-refractivity contribution in [3.63, 3.8) is 0 Å². The number of aryl methyl sites for hydroxylation is 2. The number of rotatable bonds is 3. The smallest absolute Gasteiger partial charge is 0.139 e. The van der Waals surface area contributed by atoms with Crippen molar-refractivity contribution in [3.05, 3.63) is 29.3 Å². The summed E-state index contributed by atoms with van der Waals surface area (Å²) < 4.78 is 5.67. The normalized spacial score (nSPS) is 11.7. The molecule has 3 N–H and O–H groups in total. The summed E-state index contributed by atoms with van der Waals surface area (Å²) >= 11 is 0. The Morgan fingerprint density at radius 1 is 1.29 bits per heavy atom. The molecule has 0 aromatic heterocycles. The molecule has 0 heterocycles. The van der Waals surface area contributed by atoms with Crippen molar-refractivity contribution >= 4 is 0 Å². The quantitative estimate of drug-likeness (QED) is 0.643. The Hall–Kier alpha value is -0.730. The van der Waals surface area contributed by atoms with Crippen LogP contribution in [-0.2, 0) is 0 Å². The molecule has 0 fully saturated rings. The summed E-state index contributed by atoms with van der Waals surface area (Å²) in [6, 6.07) is 6.51. The minimum atomic E-state index is 0. The van der Waals surface area contributed by atoms with Crippen LogP contribution in [0.25, 0.3) is 0 Å². The number of para-hydroxylation sites is 1. The van der Waals surface area contributed by atoms with Crippen LogP contribution in [0.3, 0.4) is 0 Å². The predicted octanol–water partition coefficient (Wildman–Crippen LogP) is -1.68. The van der Waals surface area contributed by atoms with Gasteiger partial charge in [0.25, 0.3) is 0 Å². The van der Waals surface area contributed by atoms with Crippen LogP contribution in [0, 0.1) is 13.8 Å². The zero-order valence-corrected chi connectivity index (χ0v) is 9.77. The summed E-state index contributed by atoms with van der Waals surface area (Å²) in [5.74, 6) is 1.01. The lowest BCUT2D eigenvalue weighted by Gasteiger charge is -2.11. The van der Waals surface area contributed by atoms with Crippen molar-refractivity contribution in [1.29, 1.82) is 0 Å². The highest BCUT2D eigenvalue weighted by Gasteiger charge is 2.04. The van der Waals surface area contributed by atoms with Gasteiger partial charge in [0.05, 0.1) is 0 Å². The van der Waals surface area contributed by atoms with E-state index in [2.05, 4.69) is 31.7 Å². The second-order valence-electron chi connectivity index (χ2n) is 3.64. The lowest BCUT2D eigenvalue weighted by Crippen LogP contribution is -3.00. The molecule has 0 saturated carbocycles. The molecule has 14 heavy (non-hydrogen) atoms. The van der Waals surface area contributed by atoms with Gasteiger partial charge in [-0.25, -0.2) is 0 Å². The van der Waals surface area contributed by atoms with E-state index in [0.717, 1.165) is 5.75 Å². The lowest BCUT2D eigenvalue weighted by atomic mass is 10.1. The molecule has 1 aromatic carbocycles. The number of hydrogen-bond donors (Lipinski definition) is 1. The topological polar surface area (TPSA) is 36.9 Å². The maximum Gasteiger partial charge on any atom is 0.139 e. The van der Waals surface area contributed by atoms with E-state index in [1.165, 1.54) is 11.1 Å². The molecule has 0 aliphatic rings. The van der Waals surface area contributed by atoms with Gasteiger partial charge in [-0.3, -0.25) is 0 Å². The molecular weight excluding hydrogens is 198 g/mol. The fourth-order valence-corrected chi connectivity index (χ4v) is 1.25. The van der Waals surface area contributed by atoms with E-state index in [1.54, 1.807) is 0 Å². The van der Waals surface area contributed by atoms with E-state index in [4.69, 9.17) is 4.74 Å². The molecule has 0 spiro atoms. The molecule has 0 saturated heterocycles. The van der Waals surface area contributed by atoms with Gasteiger partial charge in [-0.2, -0.15) is 0 Å². The predicted molar refractivity (Wildman–Crippen MR) is 53.8 cm³/mol. The molecule has 2 nitrogen and oxygen atoms in total. The van der Waals surface area contributed by atoms with Crippen LogP contribution in [0.4, 0.5) is 0 Å². The maximum absolute atomic E-state index is 5.67. The van der Waals surface area contributed by atoms with Crippen molar-refractivity contribution in [3.8, 4) is 5.75 Å². The molecule has 1 aromatic rings. The van der Waals surface area contributed by atoms with E-state index in [0.29, 0.717) is 12.6 Å². The van der Waals surface area contributed by atoms with Gasteiger partial charge in [0, 0.05) is 0 Å². The first-order valence-electron chi connectivity index (χ1n) is 4.63. The summed E-state index contributed by atoms with van der Waals surface area (Å²) in [7, 11) is 0. The summed E-state index contributed by atoms with van der Waals surface area (Å²) in [4.78, 5) is 0. The van der Waals surface area contributed by atoms with Gasteiger partial charge >= 0.3 is 0 Å². The van der Waals surface area contributed by atoms with Gasteiger partial charge in [-0.15, -0.1) is 0 Å². The molecule has 0 unspecified atom stereocenters. The number of benzene rings is 1. The van der Waals surface area contributed by atoms with E-state index in [1.807, 2.05) is 13.0 Å². The van der Waals surface area contributed by atoms with Gasteiger partial charge in [-0.05, 0) is 31.9 Å². The summed E-state index contributed by atoms with van der Waals surface area (Å²) in [5.41, 5.74) is 6.28. The number of hydrogen-bond acceptors (Lipinski definition) is 1. The van der Waals surface area contributed by atoms with Crippen molar-refractivity contribution in [2.24, 2.45) is 0 Å². The second kappa shape index (κ2) is 5.89. The van der Waals surface area contributed by atoms with Crippen LogP contribution >= 0.6 is 0 Å². The van der Waals surface area contributed by atoms with Crippen LogP contribution in [0.2, 0.25) is 0 Å². The average molecular weight is 216 g/mol. The molecule has 0 aliphatic carbocycles. The fourth-order valence-electron chi connectivity index (χ4n) is 1.25. The molecule has 1 atom stereocenters. The van der Waals surface area contributed by atoms with Crippen LogP contribution in [0.5, 0.6) is 5.75 Å². The molecule has 80 valence electrons. The van der Waals surface area contributed by atoms with Crippen molar-refractivity contribution in [2.75, 3.05) is 6.61 Å². The highest BCUT2D eigenvalue weighted by molar-refractivity contribution is 5.39. The monoisotopic (exact) mass is 215 g/mol. The highest BCUT2D eigenvalue weighted by Crippen LogP contribution is 2.21. The summed E-state index contributed by atoms with van der Waals surface area (Å²) in [5, 5.41) is 0. The molecular formula is C11H18ClNO. The van der Waals surface area contributed by atoms with E-state index in [9.17, 15) is 0 Å². The van der Waals surface area contributed by atoms with Crippen LogP contribution in [0.15, 0.2) is 18.2 Å². The van der Waals surface area contributed by atoms with Gasteiger partial charge in [0.15, 0.2) is 0 Å². The Morgan fingerprint density at radius 2 is 1.79 bits per heavy atom. The van der Waals surface area contributed by atoms with E-state index >= 15 is 0 Å². The van der Waals surface area contributed by atoms with Crippen LogP contribution in [-0.4, -0.2) is 12.6 Å². The molecule has 0 amide bonds. The third kappa shape index (κ3) is 3.56. The Labute approximate surface area is 91.9 Å². The molecule has 0 bridgehead atoms. The Balaban J connectivity index is 0.00000169. The number of quaternary nitrogens is 1. The van der Waals surface area contributed by atoms with Crippen molar-refractivity contribution in [2.45, 2.75) is 26.8 Å². The largest absolute Gasteiger partial charge is 1.00 e. The summed E-state index contributed by atoms with van der Waals surface area (Å²) in [6.45, 7) is 6.87. The summed E-state index contributed by atoms with van der Waals surface area (Å²) in [6.07, 6.45) is 0. The third-order valence-electron chi connectivity index (χ3n) is 1.92. The maximum atomic E-state index is 5.67. The molecule has 0 aliphatic heterocycles.